The zero-order valence-electron chi connectivity index (χ0n) is 44.6. The number of benzene rings is 9. The Morgan fingerprint density at radius 3 is 0.662 bits per heavy atom. The maximum atomic E-state index is 2.40. The van der Waals surface area contributed by atoms with E-state index in [0.717, 1.165) is 82.6 Å². The molecule has 9 rings (SSSR count). The minimum Gasteiger partial charge on any atom is -0.372 e. The Hall–Kier alpha value is -8.34. The van der Waals surface area contributed by atoms with E-state index in [1.807, 2.05) is 0 Å². The Labute approximate surface area is 441 Å². The summed E-state index contributed by atoms with van der Waals surface area (Å²) in [5.41, 5.74) is 23.4. The van der Waals surface area contributed by atoms with Crippen LogP contribution < -0.4 is 19.6 Å². The summed E-state index contributed by atoms with van der Waals surface area (Å²) in [6, 6.07) is 80.5. The Bertz CT molecular complexity index is 2950. The van der Waals surface area contributed by atoms with Crippen LogP contribution in [0.5, 0.6) is 0 Å². The first kappa shape index (κ1) is 50.6. The average Bonchev–Trinajstić information content (AvgIpc) is 3.44. The molecule has 370 valence electrons. The SMILES string of the molecule is CCN(CC)c1ccc(/C(=C\c2ccc(N(c3ccc(C)cc3)c3ccc(C)cc3)cc2)c2ccc(/C(=C\c3ccc(N(c4ccc(C)cc4)c4ccc(C)cc4)cc3)c3ccc(N(CC)CC)cc3)cc2)cc1. The van der Waals surface area contributed by atoms with Gasteiger partial charge in [-0.1, -0.05) is 144 Å². The molecule has 0 N–H and O–H groups in total. The van der Waals surface area contributed by atoms with Gasteiger partial charge in [-0.2, -0.15) is 0 Å². The summed E-state index contributed by atoms with van der Waals surface area (Å²) in [6.07, 6.45) is 4.68. The molecule has 4 nitrogen and oxygen atoms in total. The molecule has 0 unspecified atom stereocenters. The first-order chi connectivity index (χ1) is 36.1. The third-order valence-electron chi connectivity index (χ3n) is 14.2. The van der Waals surface area contributed by atoms with Crippen LogP contribution in [0, 0.1) is 27.7 Å². The summed E-state index contributed by atoms with van der Waals surface area (Å²) >= 11 is 0. The molecule has 0 amide bonds. The second-order valence-electron chi connectivity index (χ2n) is 19.3. The summed E-state index contributed by atoms with van der Waals surface area (Å²) in [7, 11) is 0. The van der Waals surface area contributed by atoms with Gasteiger partial charge >= 0.3 is 0 Å². The number of anilines is 8. The van der Waals surface area contributed by atoms with Crippen LogP contribution in [0.4, 0.5) is 45.5 Å². The molecule has 0 heterocycles. The van der Waals surface area contributed by atoms with E-state index < -0.39 is 0 Å². The maximum Gasteiger partial charge on any atom is 0.0462 e. The Kier molecular flexibility index (Phi) is 16.0. The van der Waals surface area contributed by atoms with E-state index in [2.05, 4.69) is 306 Å². The first-order valence-corrected chi connectivity index (χ1v) is 26.4. The largest absolute Gasteiger partial charge is 0.372 e. The normalized spacial score (nSPS) is 11.6. The Morgan fingerprint density at radius 2 is 0.446 bits per heavy atom. The molecule has 0 fully saturated rings. The molecular weight excluding hydrogens is 897 g/mol. The molecule has 9 aromatic rings. The van der Waals surface area contributed by atoms with Crippen molar-refractivity contribution >= 4 is 68.8 Å². The van der Waals surface area contributed by atoms with Gasteiger partial charge in [-0.15, -0.1) is 0 Å². The third kappa shape index (κ3) is 11.8. The quantitative estimate of drug-likeness (QED) is 0.0795. The van der Waals surface area contributed by atoms with Crippen molar-refractivity contribution in [3.63, 3.8) is 0 Å². The predicted octanol–water partition coefficient (Wildman–Crippen LogP) is 18.7. The summed E-state index contributed by atoms with van der Waals surface area (Å²) in [5.74, 6) is 0. The van der Waals surface area contributed by atoms with Crippen molar-refractivity contribution in [1.82, 2.24) is 0 Å². The number of nitrogens with zero attached hydrogens (tertiary/aromatic N) is 4. The van der Waals surface area contributed by atoms with E-state index >= 15 is 0 Å². The lowest BCUT2D eigenvalue weighted by molar-refractivity contribution is 0.866. The van der Waals surface area contributed by atoms with E-state index in [1.54, 1.807) is 0 Å². The fourth-order valence-electron chi connectivity index (χ4n) is 9.82. The van der Waals surface area contributed by atoms with Crippen LogP contribution in [0.2, 0.25) is 0 Å². The highest BCUT2D eigenvalue weighted by Gasteiger charge is 2.16. The lowest BCUT2D eigenvalue weighted by atomic mass is 9.91. The second kappa shape index (κ2) is 23.5. The second-order valence-corrected chi connectivity index (χ2v) is 19.3. The van der Waals surface area contributed by atoms with Gasteiger partial charge in [0.05, 0.1) is 0 Å². The standard InChI is InChI=1S/C70H70N4/c1-9-71(10-2)61-45-29-59(30-46-61)69(49-55-21-41-67(42-22-55)73(63-33-13-51(5)14-34-63)64-35-15-52(6)16-36-64)57-25-27-58(28-26-57)70(60-31-47-62(48-32-60)72(11-3)12-4)50-56-23-43-68(44-24-56)74(65-37-17-53(7)18-38-65)66-39-19-54(8)20-40-66/h13-50H,9-12H2,1-8H3/b69-49-,70-50+. The van der Waals surface area contributed by atoms with Crippen molar-refractivity contribution < 1.29 is 0 Å². The third-order valence-corrected chi connectivity index (χ3v) is 14.2. The van der Waals surface area contributed by atoms with Gasteiger partial charge in [0, 0.05) is 71.7 Å². The monoisotopic (exact) mass is 967 g/mol. The number of aryl methyl sites for hydroxylation is 4. The Morgan fingerprint density at radius 1 is 0.257 bits per heavy atom. The molecule has 0 bridgehead atoms. The van der Waals surface area contributed by atoms with E-state index in [1.165, 1.54) is 55.9 Å². The lowest BCUT2D eigenvalue weighted by Gasteiger charge is -2.26. The predicted molar refractivity (Wildman–Crippen MR) is 322 cm³/mol. The summed E-state index contributed by atoms with van der Waals surface area (Å²) in [5, 5.41) is 0. The molecule has 0 aromatic heterocycles. The van der Waals surface area contributed by atoms with Crippen LogP contribution in [-0.4, -0.2) is 26.2 Å². The van der Waals surface area contributed by atoms with Gasteiger partial charge in [-0.25, -0.2) is 0 Å². The molecule has 0 aliphatic rings. The van der Waals surface area contributed by atoms with Gasteiger partial charge in [-0.3, -0.25) is 0 Å². The molecular formula is C70H70N4. The molecule has 0 aliphatic carbocycles. The van der Waals surface area contributed by atoms with E-state index in [9.17, 15) is 0 Å². The smallest absolute Gasteiger partial charge is 0.0462 e. The number of hydrogen-bond acceptors (Lipinski definition) is 4. The van der Waals surface area contributed by atoms with Crippen molar-refractivity contribution in [3.8, 4) is 0 Å². The number of rotatable bonds is 18. The van der Waals surface area contributed by atoms with Gasteiger partial charge in [0.1, 0.15) is 0 Å². The highest BCUT2D eigenvalue weighted by Crippen LogP contribution is 2.39. The minimum absolute atomic E-state index is 0.964. The van der Waals surface area contributed by atoms with Gasteiger partial charge in [0.15, 0.2) is 0 Å². The van der Waals surface area contributed by atoms with Crippen LogP contribution >= 0.6 is 0 Å². The fourth-order valence-corrected chi connectivity index (χ4v) is 9.82. The van der Waals surface area contributed by atoms with E-state index in [0.29, 0.717) is 0 Å². The van der Waals surface area contributed by atoms with Crippen LogP contribution in [0.3, 0.4) is 0 Å². The van der Waals surface area contributed by atoms with Crippen LogP contribution in [-0.2, 0) is 0 Å². The lowest BCUT2D eigenvalue weighted by Crippen LogP contribution is -2.21. The zero-order chi connectivity index (χ0) is 51.6. The molecule has 74 heavy (non-hydrogen) atoms. The van der Waals surface area contributed by atoms with Gasteiger partial charge in [-0.05, 0) is 209 Å². The summed E-state index contributed by atoms with van der Waals surface area (Å²) in [4.78, 5) is 9.46. The van der Waals surface area contributed by atoms with Gasteiger partial charge in [0.2, 0.25) is 0 Å². The van der Waals surface area contributed by atoms with Crippen LogP contribution in [0.15, 0.2) is 218 Å². The van der Waals surface area contributed by atoms with Crippen molar-refractivity contribution in [2.45, 2.75) is 55.4 Å². The van der Waals surface area contributed by atoms with Crippen LogP contribution in [0.25, 0.3) is 23.3 Å². The highest BCUT2D eigenvalue weighted by atomic mass is 15.1. The molecule has 0 aliphatic heterocycles. The number of hydrogen-bond donors (Lipinski definition) is 0. The maximum absolute atomic E-state index is 2.40. The van der Waals surface area contributed by atoms with E-state index in [-0.39, 0.29) is 0 Å². The topological polar surface area (TPSA) is 13.0 Å². The van der Waals surface area contributed by atoms with Gasteiger partial charge in [0.25, 0.3) is 0 Å². The fraction of sp³-hybridized carbons (Fsp3) is 0.171. The van der Waals surface area contributed by atoms with Crippen molar-refractivity contribution in [2.24, 2.45) is 0 Å². The molecule has 0 saturated heterocycles. The minimum atomic E-state index is 0.964. The summed E-state index contributed by atoms with van der Waals surface area (Å²) < 4.78 is 0. The molecule has 0 saturated carbocycles. The molecule has 0 radical (unpaired) electrons. The van der Waals surface area contributed by atoms with Crippen LogP contribution in [0.1, 0.15) is 83.3 Å². The van der Waals surface area contributed by atoms with E-state index in [4.69, 9.17) is 0 Å². The van der Waals surface area contributed by atoms with Crippen molar-refractivity contribution in [3.05, 3.63) is 274 Å². The van der Waals surface area contributed by atoms with Crippen molar-refractivity contribution in [2.75, 3.05) is 45.8 Å². The molecule has 9 aromatic carbocycles. The van der Waals surface area contributed by atoms with Gasteiger partial charge < -0.3 is 19.6 Å². The molecule has 4 heteroatoms. The zero-order valence-corrected chi connectivity index (χ0v) is 44.6. The molecule has 0 spiro atoms. The Balaban J connectivity index is 1.10. The summed E-state index contributed by atoms with van der Waals surface area (Å²) in [6.45, 7) is 21.3. The molecule has 0 atom stereocenters. The highest BCUT2D eigenvalue weighted by molar-refractivity contribution is 5.95. The average molecular weight is 967 g/mol. The first-order valence-electron chi connectivity index (χ1n) is 26.4. The van der Waals surface area contributed by atoms with Crippen molar-refractivity contribution in [1.29, 1.82) is 0 Å².